The summed E-state index contributed by atoms with van der Waals surface area (Å²) < 4.78 is 41.5. The lowest BCUT2D eigenvalue weighted by Crippen LogP contribution is -2.29. The van der Waals surface area contributed by atoms with Gasteiger partial charge in [0.15, 0.2) is 0 Å². The van der Waals surface area contributed by atoms with Crippen LogP contribution < -0.4 is 11.3 Å². The van der Waals surface area contributed by atoms with Crippen LogP contribution in [0.2, 0.25) is 0 Å². The second-order valence-corrected chi connectivity index (χ2v) is 3.74. The topological polar surface area (TPSA) is 51.2 Å². The van der Waals surface area contributed by atoms with Crippen LogP contribution in [0, 0.1) is 13.8 Å². The molecule has 0 saturated heterocycles. The van der Waals surface area contributed by atoms with E-state index in [0.29, 0.717) is 17.1 Å². The summed E-state index contributed by atoms with van der Waals surface area (Å²) in [6.07, 6.45) is -5.13. The molecule has 1 rings (SSSR count). The Kier molecular flexibility index (Phi) is 3.98. The fraction of sp³-hybridized carbons (Fsp3) is 0.600. The highest BCUT2D eigenvalue weighted by molar-refractivity contribution is 5.23. The fourth-order valence-corrected chi connectivity index (χ4v) is 1.63. The number of halogens is 3. The summed E-state index contributed by atoms with van der Waals surface area (Å²) in [6.45, 7) is 3.45. The molecule has 0 fully saturated rings. The van der Waals surface area contributed by atoms with Gasteiger partial charge in [0.25, 0.3) is 0 Å². The lowest BCUT2D eigenvalue weighted by molar-refractivity contribution is -0.136. The molecule has 0 spiro atoms. The van der Waals surface area contributed by atoms with Crippen molar-refractivity contribution in [2.75, 3.05) is 0 Å². The smallest absolute Gasteiger partial charge is 0.389 e. The van der Waals surface area contributed by atoms with Crippen LogP contribution in [0.5, 0.6) is 0 Å². The first-order valence-corrected chi connectivity index (χ1v) is 4.93. The van der Waals surface area contributed by atoms with Crippen molar-refractivity contribution in [1.82, 2.24) is 5.43 Å². The molecule has 1 aromatic heterocycles. The molecule has 6 heteroatoms. The van der Waals surface area contributed by atoms with Gasteiger partial charge in [0.05, 0.1) is 0 Å². The summed E-state index contributed by atoms with van der Waals surface area (Å²) in [5.41, 5.74) is 3.07. The van der Waals surface area contributed by atoms with Gasteiger partial charge >= 0.3 is 6.18 Å². The van der Waals surface area contributed by atoms with Crippen LogP contribution >= 0.6 is 0 Å². The predicted octanol–water partition coefficient (Wildman–Crippen LogP) is 2.74. The first kappa shape index (κ1) is 13.1. The maximum Gasteiger partial charge on any atom is 0.389 e. The van der Waals surface area contributed by atoms with Gasteiger partial charge in [0, 0.05) is 18.0 Å². The SMILES string of the molecule is Cc1cc(C(CCC(F)(F)F)NN)c(C)o1. The van der Waals surface area contributed by atoms with Crippen molar-refractivity contribution >= 4 is 0 Å². The average molecular weight is 236 g/mol. The molecule has 0 aliphatic rings. The van der Waals surface area contributed by atoms with Gasteiger partial charge in [-0.25, -0.2) is 0 Å². The Balaban J connectivity index is 2.71. The molecular weight excluding hydrogens is 221 g/mol. The van der Waals surface area contributed by atoms with Gasteiger partial charge in [-0.1, -0.05) is 0 Å². The second kappa shape index (κ2) is 4.88. The molecule has 0 aliphatic carbocycles. The maximum atomic E-state index is 12.1. The van der Waals surface area contributed by atoms with E-state index < -0.39 is 18.6 Å². The summed E-state index contributed by atoms with van der Waals surface area (Å²) in [4.78, 5) is 0. The van der Waals surface area contributed by atoms with Crippen molar-refractivity contribution in [1.29, 1.82) is 0 Å². The molecule has 0 radical (unpaired) electrons. The summed E-state index contributed by atoms with van der Waals surface area (Å²) >= 11 is 0. The largest absolute Gasteiger partial charge is 0.466 e. The lowest BCUT2D eigenvalue weighted by Gasteiger charge is -2.16. The highest BCUT2D eigenvalue weighted by atomic mass is 19.4. The van der Waals surface area contributed by atoms with Gasteiger partial charge < -0.3 is 4.42 Å². The quantitative estimate of drug-likeness (QED) is 0.624. The Hall–Kier alpha value is -1.01. The van der Waals surface area contributed by atoms with Crippen LogP contribution in [-0.2, 0) is 0 Å². The Morgan fingerprint density at radius 3 is 2.44 bits per heavy atom. The van der Waals surface area contributed by atoms with Crippen molar-refractivity contribution in [2.24, 2.45) is 5.84 Å². The summed E-state index contributed by atoms with van der Waals surface area (Å²) in [7, 11) is 0. The molecule has 92 valence electrons. The number of hydrazine groups is 1. The zero-order valence-corrected chi connectivity index (χ0v) is 9.19. The van der Waals surface area contributed by atoms with E-state index in [4.69, 9.17) is 10.3 Å². The first-order valence-electron chi connectivity index (χ1n) is 4.93. The zero-order valence-electron chi connectivity index (χ0n) is 9.19. The maximum absolute atomic E-state index is 12.1. The third-order valence-corrected chi connectivity index (χ3v) is 2.37. The van der Waals surface area contributed by atoms with E-state index in [1.807, 2.05) is 0 Å². The van der Waals surface area contributed by atoms with Gasteiger partial charge in [-0.15, -0.1) is 0 Å². The Labute approximate surface area is 91.8 Å². The number of nitrogens with two attached hydrogens (primary N) is 1. The van der Waals surface area contributed by atoms with Gasteiger partial charge in [-0.3, -0.25) is 11.3 Å². The van der Waals surface area contributed by atoms with E-state index >= 15 is 0 Å². The third kappa shape index (κ3) is 3.53. The number of aryl methyl sites for hydroxylation is 2. The number of hydrogen-bond donors (Lipinski definition) is 2. The van der Waals surface area contributed by atoms with E-state index in [2.05, 4.69) is 5.43 Å². The molecule has 1 unspecified atom stereocenters. The van der Waals surface area contributed by atoms with E-state index in [-0.39, 0.29) is 6.42 Å². The lowest BCUT2D eigenvalue weighted by atomic mass is 10.0. The van der Waals surface area contributed by atoms with E-state index in [9.17, 15) is 13.2 Å². The molecule has 0 aliphatic heterocycles. The highest BCUT2D eigenvalue weighted by Crippen LogP contribution is 2.29. The number of rotatable bonds is 4. The van der Waals surface area contributed by atoms with Crippen LogP contribution in [0.1, 0.15) is 36.0 Å². The van der Waals surface area contributed by atoms with Gasteiger partial charge in [0.2, 0.25) is 0 Å². The number of alkyl halides is 3. The van der Waals surface area contributed by atoms with Crippen LogP contribution in [0.4, 0.5) is 13.2 Å². The van der Waals surface area contributed by atoms with E-state index in [1.54, 1.807) is 19.9 Å². The third-order valence-electron chi connectivity index (χ3n) is 2.37. The minimum absolute atomic E-state index is 0.0974. The molecule has 0 aromatic carbocycles. The second-order valence-electron chi connectivity index (χ2n) is 3.74. The van der Waals surface area contributed by atoms with Crippen molar-refractivity contribution in [2.45, 2.75) is 38.9 Å². The van der Waals surface area contributed by atoms with Crippen LogP contribution in [0.3, 0.4) is 0 Å². The van der Waals surface area contributed by atoms with E-state index in [0.717, 1.165) is 0 Å². The first-order chi connectivity index (χ1) is 7.33. The van der Waals surface area contributed by atoms with Crippen LogP contribution in [-0.4, -0.2) is 6.18 Å². The van der Waals surface area contributed by atoms with Crippen molar-refractivity contribution < 1.29 is 17.6 Å². The molecule has 16 heavy (non-hydrogen) atoms. The van der Waals surface area contributed by atoms with Gasteiger partial charge in [-0.05, 0) is 26.3 Å². The molecule has 0 amide bonds. The molecule has 0 saturated carbocycles. The summed E-state index contributed by atoms with van der Waals surface area (Å²) in [6, 6.07) is 1.18. The number of hydrogen-bond acceptors (Lipinski definition) is 3. The Morgan fingerprint density at radius 1 is 1.44 bits per heavy atom. The molecular formula is C10H15F3N2O. The normalized spacial score (nSPS) is 14.1. The average Bonchev–Trinajstić information content (AvgIpc) is 2.45. The minimum Gasteiger partial charge on any atom is -0.466 e. The molecule has 1 atom stereocenters. The molecule has 0 bridgehead atoms. The molecule has 3 nitrogen and oxygen atoms in total. The minimum atomic E-state index is -4.16. The van der Waals surface area contributed by atoms with E-state index in [1.165, 1.54) is 0 Å². The van der Waals surface area contributed by atoms with Gasteiger partial charge in [0.1, 0.15) is 11.5 Å². The molecule has 3 N–H and O–H groups in total. The fourth-order valence-electron chi connectivity index (χ4n) is 1.63. The van der Waals surface area contributed by atoms with Crippen molar-refractivity contribution in [3.8, 4) is 0 Å². The molecule has 1 aromatic rings. The number of furan rings is 1. The number of nitrogens with one attached hydrogen (secondary N) is 1. The Morgan fingerprint density at radius 2 is 2.06 bits per heavy atom. The summed E-state index contributed by atoms with van der Waals surface area (Å²) in [5.74, 6) is 6.52. The van der Waals surface area contributed by atoms with Crippen molar-refractivity contribution in [3.63, 3.8) is 0 Å². The molecule has 1 heterocycles. The zero-order chi connectivity index (χ0) is 12.3. The van der Waals surface area contributed by atoms with Crippen molar-refractivity contribution in [3.05, 3.63) is 23.2 Å². The Bertz CT molecular complexity index is 346. The standard InChI is InChI=1S/C10H15F3N2O/c1-6-5-8(7(2)16-6)9(15-14)3-4-10(11,12)13/h5,9,15H,3-4,14H2,1-2H3. The van der Waals surface area contributed by atoms with Crippen LogP contribution in [0.25, 0.3) is 0 Å². The monoisotopic (exact) mass is 236 g/mol. The van der Waals surface area contributed by atoms with Gasteiger partial charge in [-0.2, -0.15) is 13.2 Å². The summed E-state index contributed by atoms with van der Waals surface area (Å²) in [5, 5.41) is 0. The van der Waals surface area contributed by atoms with Crippen LogP contribution in [0.15, 0.2) is 10.5 Å². The predicted molar refractivity (Wildman–Crippen MR) is 53.5 cm³/mol. The highest BCUT2D eigenvalue weighted by Gasteiger charge is 2.29.